The van der Waals surface area contributed by atoms with Crippen molar-refractivity contribution < 1.29 is 0 Å². The van der Waals surface area contributed by atoms with Gasteiger partial charge in [0.1, 0.15) is 0 Å². The van der Waals surface area contributed by atoms with E-state index in [-0.39, 0.29) is 6.04 Å². The Balaban J connectivity index is 2.53. The van der Waals surface area contributed by atoms with Gasteiger partial charge in [-0.2, -0.15) is 5.26 Å². The third-order valence-electron chi connectivity index (χ3n) is 2.91. The molecule has 1 unspecified atom stereocenters. The zero-order chi connectivity index (χ0) is 11.8. The number of benzene rings is 1. The van der Waals surface area contributed by atoms with E-state index in [1.165, 1.54) is 10.1 Å². The molecule has 0 fully saturated rings. The smallest absolute Gasteiger partial charge is 0.0710 e. The molecule has 0 saturated heterocycles. The second-order valence-corrected chi connectivity index (χ2v) is 5.41. The maximum atomic E-state index is 9.11. The number of nitrogens with zero attached hydrogens (tertiary/aromatic N) is 1. The lowest BCUT2D eigenvalue weighted by Crippen LogP contribution is -2.27. The monoisotopic (exact) mass is 230 g/mol. The van der Waals surface area contributed by atoms with Crippen LogP contribution in [-0.4, -0.2) is 0 Å². The van der Waals surface area contributed by atoms with E-state index in [1.807, 2.05) is 26.0 Å². The van der Waals surface area contributed by atoms with Crippen LogP contribution in [0.3, 0.4) is 0 Å². The number of nitrogens with two attached hydrogens (primary N) is 1. The van der Waals surface area contributed by atoms with Gasteiger partial charge in [0.05, 0.1) is 11.5 Å². The average molecular weight is 230 g/mol. The third-order valence-corrected chi connectivity index (χ3v) is 3.89. The zero-order valence-corrected chi connectivity index (χ0v) is 10.2. The highest BCUT2D eigenvalue weighted by atomic mass is 32.1. The van der Waals surface area contributed by atoms with Crippen molar-refractivity contribution in [2.75, 3.05) is 0 Å². The van der Waals surface area contributed by atoms with Crippen molar-refractivity contribution >= 4 is 21.4 Å². The summed E-state index contributed by atoms with van der Waals surface area (Å²) in [7, 11) is 0. The molecule has 0 bridgehead atoms. The molecule has 0 aliphatic heterocycles. The SMILES string of the molecule is CC(C)(C#N)C(N)c1csc2ccccc12. The molecule has 2 N–H and O–H groups in total. The van der Waals surface area contributed by atoms with E-state index in [2.05, 4.69) is 23.6 Å². The van der Waals surface area contributed by atoms with Gasteiger partial charge >= 0.3 is 0 Å². The minimum absolute atomic E-state index is 0.242. The molecule has 2 nitrogen and oxygen atoms in total. The van der Waals surface area contributed by atoms with Crippen LogP contribution in [0.25, 0.3) is 10.1 Å². The van der Waals surface area contributed by atoms with Crippen LogP contribution in [0.5, 0.6) is 0 Å². The van der Waals surface area contributed by atoms with Crippen molar-refractivity contribution in [1.29, 1.82) is 5.26 Å². The first kappa shape index (κ1) is 11.1. The molecular weight excluding hydrogens is 216 g/mol. The van der Waals surface area contributed by atoms with Gasteiger partial charge in [0.2, 0.25) is 0 Å². The highest BCUT2D eigenvalue weighted by Gasteiger charge is 2.29. The molecule has 1 aromatic carbocycles. The van der Waals surface area contributed by atoms with E-state index in [4.69, 9.17) is 11.0 Å². The fraction of sp³-hybridized carbons (Fsp3) is 0.308. The summed E-state index contributed by atoms with van der Waals surface area (Å²) in [5.74, 6) is 0. The van der Waals surface area contributed by atoms with Crippen molar-refractivity contribution in [3.63, 3.8) is 0 Å². The Kier molecular flexibility index (Phi) is 2.71. The van der Waals surface area contributed by atoms with E-state index in [9.17, 15) is 0 Å². The maximum absolute atomic E-state index is 9.11. The van der Waals surface area contributed by atoms with Gasteiger partial charge in [-0.15, -0.1) is 11.3 Å². The highest BCUT2D eigenvalue weighted by Crippen LogP contribution is 2.37. The first-order valence-electron chi connectivity index (χ1n) is 5.19. The highest BCUT2D eigenvalue weighted by molar-refractivity contribution is 7.17. The minimum Gasteiger partial charge on any atom is -0.323 e. The number of fused-ring (bicyclic) bond motifs is 1. The lowest BCUT2D eigenvalue weighted by atomic mass is 9.82. The predicted octanol–water partition coefficient (Wildman–Crippen LogP) is 3.45. The topological polar surface area (TPSA) is 49.8 Å². The lowest BCUT2D eigenvalue weighted by Gasteiger charge is -2.23. The van der Waals surface area contributed by atoms with Crippen LogP contribution in [0, 0.1) is 16.7 Å². The molecule has 1 heterocycles. The zero-order valence-electron chi connectivity index (χ0n) is 9.40. The summed E-state index contributed by atoms with van der Waals surface area (Å²) in [5.41, 5.74) is 6.72. The van der Waals surface area contributed by atoms with Crippen molar-refractivity contribution in [1.82, 2.24) is 0 Å². The molecule has 0 spiro atoms. The summed E-state index contributed by atoms with van der Waals surface area (Å²) < 4.78 is 1.22. The molecule has 3 heteroatoms. The second-order valence-electron chi connectivity index (χ2n) is 4.50. The Bertz CT molecular complexity index is 548. The minimum atomic E-state index is -0.538. The quantitative estimate of drug-likeness (QED) is 0.859. The largest absolute Gasteiger partial charge is 0.323 e. The Hall–Kier alpha value is -1.37. The van der Waals surface area contributed by atoms with Crippen LogP contribution in [0.2, 0.25) is 0 Å². The molecule has 82 valence electrons. The molecule has 1 aromatic heterocycles. The average Bonchev–Trinajstić information content (AvgIpc) is 2.71. The summed E-state index contributed by atoms with van der Waals surface area (Å²) in [6.45, 7) is 3.76. The first-order chi connectivity index (χ1) is 7.56. The molecule has 16 heavy (non-hydrogen) atoms. The summed E-state index contributed by atoms with van der Waals surface area (Å²) >= 11 is 1.68. The van der Waals surface area contributed by atoms with Crippen molar-refractivity contribution in [2.24, 2.45) is 11.1 Å². The van der Waals surface area contributed by atoms with E-state index < -0.39 is 5.41 Å². The van der Waals surface area contributed by atoms with E-state index in [1.54, 1.807) is 11.3 Å². The molecule has 0 aliphatic rings. The molecule has 0 amide bonds. The van der Waals surface area contributed by atoms with E-state index in [0.717, 1.165) is 5.56 Å². The number of thiophene rings is 1. The Morgan fingerprint density at radius 1 is 1.38 bits per heavy atom. The van der Waals surface area contributed by atoms with Crippen LogP contribution in [-0.2, 0) is 0 Å². The standard InChI is InChI=1S/C13H14N2S/c1-13(2,8-14)12(15)10-7-16-11-6-4-3-5-9(10)11/h3-7,12H,15H2,1-2H3. The summed E-state index contributed by atoms with van der Waals surface area (Å²) in [4.78, 5) is 0. The van der Waals surface area contributed by atoms with Crippen molar-refractivity contribution in [3.05, 3.63) is 35.2 Å². The molecule has 2 aromatic rings. The normalized spacial score (nSPS) is 13.6. The van der Waals surface area contributed by atoms with Gasteiger partial charge < -0.3 is 5.73 Å². The number of nitriles is 1. The summed E-state index contributed by atoms with van der Waals surface area (Å²) in [5, 5.41) is 12.3. The van der Waals surface area contributed by atoms with Gasteiger partial charge in [-0.05, 0) is 36.2 Å². The Labute approximate surface area is 99.3 Å². The van der Waals surface area contributed by atoms with Crippen molar-refractivity contribution in [2.45, 2.75) is 19.9 Å². The summed E-state index contributed by atoms with van der Waals surface area (Å²) in [6.07, 6.45) is 0. The fourth-order valence-electron chi connectivity index (χ4n) is 1.70. The molecule has 0 saturated carbocycles. The number of hydrogen-bond acceptors (Lipinski definition) is 3. The molecule has 1 atom stereocenters. The van der Waals surface area contributed by atoms with Gasteiger partial charge in [-0.1, -0.05) is 18.2 Å². The van der Waals surface area contributed by atoms with Gasteiger partial charge in [-0.25, -0.2) is 0 Å². The molecule has 2 rings (SSSR count). The van der Waals surface area contributed by atoms with Crippen molar-refractivity contribution in [3.8, 4) is 6.07 Å². The van der Waals surface area contributed by atoms with Crippen LogP contribution in [0.4, 0.5) is 0 Å². The maximum Gasteiger partial charge on any atom is 0.0710 e. The molecule has 0 radical (unpaired) electrons. The van der Waals surface area contributed by atoms with E-state index in [0.29, 0.717) is 0 Å². The molecular formula is C13H14N2S. The number of hydrogen-bond donors (Lipinski definition) is 1. The molecule has 0 aliphatic carbocycles. The fourth-order valence-corrected chi connectivity index (χ4v) is 2.69. The number of rotatable bonds is 2. The Morgan fingerprint density at radius 3 is 2.75 bits per heavy atom. The van der Waals surface area contributed by atoms with Crippen LogP contribution < -0.4 is 5.73 Å². The lowest BCUT2D eigenvalue weighted by molar-refractivity contribution is 0.396. The van der Waals surface area contributed by atoms with Gasteiger partial charge in [0.25, 0.3) is 0 Å². The van der Waals surface area contributed by atoms with E-state index >= 15 is 0 Å². The van der Waals surface area contributed by atoms with Crippen LogP contribution >= 0.6 is 11.3 Å². The Morgan fingerprint density at radius 2 is 2.06 bits per heavy atom. The predicted molar refractivity (Wildman–Crippen MR) is 68.1 cm³/mol. The summed E-state index contributed by atoms with van der Waals surface area (Å²) in [6, 6.07) is 10.2. The van der Waals surface area contributed by atoms with Crippen LogP contribution in [0.15, 0.2) is 29.6 Å². The third kappa shape index (κ3) is 1.71. The van der Waals surface area contributed by atoms with Crippen LogP contribution in [0.1, 0.15) is 25.5 Å². The van der Waals surface area contributed by atoms with Gasteiger partial charge in [0.15, 0.2) is 0 Å². The van der Waals surface area contributed by atoms with Gasteiger partial charge in [0, 0.05) is 10.7 Å². The van der Waals surface area contributed by atoms with Gasteiger partial charge in [-0.3, -0.25) is 0 Å². The first-order valence-corrected chi connectivity index (χ1v) is 6.07. The second kappa shape index (κ2) is 3.89.